The lowest BCUT2D eigenvalue weighted by Gasteiger charge is -2.12. The van der Waals surface area contributed by atoms with Crippen LogP contribution in [-0.4, -0.2) is 18.9 Å². The topological polar surface area (TPSA) is 22.1 Å². The Labute approximate surface area is 79.7 Å². The fourth-order valence-electron chi connectivity index (χ4n) is 1.66. The Hall–Kier alpha value is -0.985. The maximum atomic E-state index is 5.71. The molecule has 2 radical (unpaired) electrons. The van der Waals surface area contributed by atoms with Crippen molar-refractivity contribution in [2.75, 3.05) is 0 Å². The fourth-order valence-corrected chi connectivity index (χ4v) is 1.66. The number of nitrogens with zero attached hydrogens (tertiary/aromatic N) is 1. The zero-order valence-electron chi connectivity index (χ0n) is 7.57. The average Bonchev–Trinajstić information content (AvgIpc) is 2.62. The van der Waals surface area contributed by atoms with E-state index in [4.69, 9.17) is 12.6 Å². The fraction of sp³-hybridized carbons (Fsp3) is 0.500. The van der Waals surface area contributed by atoms with Gasteiger partial charge < -0.3 is 4.74 Å². The third kappa shape index (κ3) is 2.23. The van der Waals surface area contributed by atoms with Gasteiger partial charge in [-0.2, -0.15) is 0 Å². The molecule has 3 heteroatoms. The van der Waals surface area contributed by atoms with Crippen LogP contribution >= 0.6 is 0 Å². The number of pyridine rings is 1. The van der Waals surface area contributed by atoms with E-state index in [9.17, 15) is 0 Å². The maximum Gasteiger partial charge on any atom is 0.141 e. The lowest BCUT2D eigenvalue weighted by molar-refractivity contribution is 0.209. The molecule has 0 aliphatic heterocycles. The molecule has 0 unspecified atom stereocenters. The number of ether oxygens (including phenoxy) is 1. The van der Waals surface area contributed by atoms with Crippen molar-refractivity contribution in [1.82, 2.24) is 4.98 Å². The summed E-state index contributed by atoms with van der Waals surface area (Å²) in [6, 6.07) is 3.64. The van der Waals surface area contributed by atoms with Gasteiger partial charge in [0.05, 0.1) is 12.3 Å². The quantitative estimate of drug-likeness (QED) is 0.626. The van der Waals surface area contributed by atoms with Crippen LogP contribution in [0.4, 0.5) is 0 Å². The molecule has 1 saturated carbocycles. The van der Waals surface area contributed by atoms with Gasteiger partial charge in [0.25, 0.3) is 0 Å². The summed E-state index contributed by atoms with van der Waals surface area (Å²) < 4.78 is 5.71. The Morgan fingerprint density at radius 1 is 1.31 bits per heavy atom. The molecule has 0 atom stereocenters. The predicted molar refractivity (Wildman–Crippen MR) is 52.5 cm³/mol. The summed E-state index contributed by atoms with van der Waals surface area (Å²) in [5.41, 5.74) is 0.541. The molecule has 1 aromatic rings. The van der Waals surface area contributed by atoms with Crippen LogP contribution in [0.25, 0.3) is 0 Å². The third-order valence-corrected chi connectivity index (χ3v) is 2.36. The third-order valence-electron chi connectivity index (χ3n) is 2.36. The molecule has 0 amide bonds. The van der Waals surface area contributed by atoms with Crippen molar-refractivity contribution in [1.29, 1.82) is 0 Å². The number of aromatic nitrogens is 1. The van der Waals surface area contributed by atoms with Crippen molar-refractivity contribution < 1.29 is 4.74 Å². The van der Waals surface area contributed by atoms with Crippen molar-refractivity contribution >= 4 is 13.4 Å². The van der Waals surface area contributed by atoms with Crippen LogP contribution in [0.1, 0.15) is 25.7 Å². The van der Waals surface area contributed by atoms with Crippen molar-refractivity contribution in [3.63, 3.8) is 0 Å². The minimum absolute atomic E-state index is 0.394. The molecule has 0 spiro atoms. The van der Waals surface area contributed by atoms with Crippen LogP contribution in [0.5, 0.6) is 5.75 Å². The Bertz CT molecular complexity index is 267. The number of rotatable bonds is 2. The van der Waals surface area contributed by atoms with Gasteiger partial charge >= 0.3 is 0 Å². The molecule has 0 saturated heterocycles. The van der Waals surface area contributed by atoms with Crippen molar-refractivity contribution in [2.45, 2.75) is 31.8 Å². The highest BCUT2D eigenvalue weighted by molar-refractivity contribution is 6.30. The summed E-state index contributed by atoms with van der Waals surface area (Å²) in [6.07, 6.45) is 6.99. The van der Waals surface area contributed by atoms with E-state index in [1.807, 2.05) is 6.07 Å². The van der Waals surface area contributed by atoms with Gasteiger partial charge in [0, 0.05) is 0 Å². The van der Waals surface area contributed by atoms with Crippen LogP contribution in [-0.2, 0) is 0 Å². The first-order chi connectivity index (χ1) is 6.34. The molecule has 0 aromatic carbocycles. The van der Waals surface area contributed by atoms with Gasteiger partial charge in [-0.3, -0.25) is 4.98 Å². The van der Waals surface area contributed by atoms with Gasteiger partial charge in [0.15, 0.2) is 0 Å². The molecule has 1 aliphatic rings. The van der Waals surface area contributed by atoms with Crippen LogP contribution in [0.3, 0.4) is 0 Å². The smallest absolute Gasteiger partial charge is 0.141 e. The highest BCUT2D eigenvalue weighted by Gasteiger charge is 2.16. The molecule has 1 fully saturated rings. The molecule has 2 rings (SSSR count). The Kier molecular flexibility index (Phi) is 2.53. The number of hydrogen-bond acceptors (Lipinski definition) is 2. The monoisotopic (exact) mass is 173 g/mol. The minimum atomic E-state index is 0.394. The van der Waals surface area contributed by atoms with Crippen LogP contribution in [0.15, 0.2) is 18.3 Å². The summed E-state index contributed by atoms with van der Waals surface area (Å²) in [6.45, 7) is 0. The zero-order chi connectivity index (χ0) is 9.10. The molecule has 13 heavy (non-hydrogen) atoms. The summed E-state index contributed by atoms with van der Waals surface area (Å²) >= 11 is 0. The van der Waals surface area contributed by atoms with Gasteiger partial charge in [0.1, 0.15) is 13.6 Å². The summed E-state index contributed by atoms with van der Waals surface area (Å²) in [5.74, 6) is 0.834. The SMILES string of the molecule is [B]c1ccc(OC2CCCC2)cn1. The Morgan fingerprint density at radius 2 is 2.08 bits per heavy atom. The highest BCUT2D eigenvalue weighted by Crippen LogP contribution is 2.22. The summed E-state index contributed by atoms with van der Waals surface area (Å²) in [4.78, 5) is 3.97. The first-order valence-electron chi connectivity index (χ1n) is 4.73. The molecular weight excluding hydrogens is 161 g/mol. The first-order valence-corrected chi connectivity index (χ1v) is 4.73. The first kappa shape index (κ1) is 8.61. The van der Waals surface area contributed by atoms with E-state index in [1.54, 1.807) is 12.3 Å². The second-order valence-corrected chi connectivity index (χ2v) is 3.44. The van der Waals surface area contributed by atoms with E-state index in [-0.39, 0.29) is 0 Å². The molecule has 2 nitrogen and oxygen atoms in total. The molecule has 66 valence electrons. The van der Waals surface area contributed by atoms with E-state index in [0.717, 1.165) is 5.75 Å². The van der Waals surface area contributed by atoms with E-state index in [0.29, 0.717) is 11.7 Å². The summed E-state index contributed by atoms with van der Waals surface area (Å²) in [5, 5.41) is 0. The van der Waals surface area contributed by atoms with Crippen LogP contribution in [0.2, 0.25) is 0 Å². The van der Waals surface area contributed by atoms with E-state index in [2.05, 4.69) is 4.98 Å². The number of hydrogen-bond donors (Lipinski definition) is 0. The molecular formula is C10H12BNO. The van der Waals surface area contributed by atoms with Crippen LogP contribution in [0, 0.1) is 0 Å². The van der Waals surface area contributed by atoms with E-state index in [1.165, 1.54) is 25.7 Å². The zero-order valence-corrected chi connectivity index (χ0v) is 7.57. The molecule has 0 bridgehead atoms. The van der Waals surface area contributed by atoms with Gasteiger partial charge in [-0.05, 0) is 43.4 Å². The largest absolute Gasteiger partial charge is 0.489 e. The van der Waals surface area contributed by atoms with Crippen molar-refractivity contribution in [3.05, 3.63) is 18.3 Å². The van der Waals surface area contributed by atoms with E-state index < -0.39 is 0 Å². The van der Waals surface area contributed by atoms with Gasteiger partial charge in [-0.1, -0.05) is 0 Å². The normalized spacial score (nSPS) is 17.5. The van der Waals surface area contributed by atoms with Gasteiger partial charge in [0.2, 0.25) is 0 Å². The lowest BCUT2D eigenvalue weighted by atomic mass is 10.0. The average molecular weight is 173 g/mol. The van der Waals surface area contributed by atoms with Crippen molar-refractivity contribution in [2.24, 2.45) is 0 Å². The van der Waals surface area contributed by atoms with Crippen molar-refractivity contribution in [3.8, 4) is 5.75 Å². The summed E-state index contributed by atoms with van der Waals surface area (Å²) in [7, 11) is 5.47. The Morgan fingerprint density at radius 3 is 2.69 bits per heavy atom. The van der Waals surface area contributed by atoms with Gasteiger partial charge in [-0.15, -0.1) is 0 Å². The standard InChI is InChI=1S/C10H12BNO/c11-10-6-5-9(7-12-10)13-8-3-1-2-4-8/h5-8H,1-4H2. The second kappa shape index (κ2) is 3.82. The minimum Gasteiger partial charge on any atom is -0.489 e. The molecule has 0 N–H and O–H groups in total. The lowest BCUT2D eigenvalue weighted by Crippen LogP contribution is -2.13. The molecule has 1 heterocycles. The maximum absolute atomic E-state index is 5.71. The van der Waals surface area contributed by atoms with Gasteiger partial charge in [-0.25, -0.2) is 0 Å². The second-order valence-electron chi connectivity index (χ2n) is 3.44. The Balaban J connectivity index is 1.97. The molecule has 1 aromatic heterocycles. The van der Waals surface area contributed by atoms with Crippen LogP contribution < -0.4 is 10.3 Å². The highest BCUT2D eigenvalue weighted by atomic mass is 16.5. The van der Waals surface area contributed by atoms with E-state index >= 15 is 0 Å². The predicted octanol–water partition coefficient (Wildman–Crippen LogP) is 1.20. The molecule has 1 aliphatic carbocycles.